The molecule has 0 N–H and O–H groups in total. The van der Waals surface area contributed by atoms with Gasteiger partial charge in [-0.2, -0.15) is 0 Å². The summed E-state index contributed by atoms with van der Waals surface area (Å²) in [6, 6.07) is 10.4. The van der Waals surface area contributed by atoms with Crippen LogP contribution < -0.4 is 0 Å². The van der Waals surface area contributed by atoms with Gasteiger partial charge < -0.3 is 9.64 Å². The van der Waals surface area contributed by atoms with Gasteiger partial charge in [-0.05, 0) is 30.4 Å². The number of methoxy groups -OCH3 is 1. The Morgan fingerprint density at radius 1 is 1.32 bits per heavy atom. The van der Waals surface area contributed by atoms with Crippen LogP contribution in [0.2, 0.25) is 0 Å². The molecule has 1 aliphatic heterocycles. The van der Waals surface area contributed by atoms with Crippen molar-refractivity contribution in [3.63, 3.8) is 0 Å². The molecule has 1 saturated heterocycles. The molecule has 0 radical (unpaired) electrons. The van der Waals surface area contributed by atoms with Crippen LogP contribution in [0.15, 0.2) is 36.5 Å². The van der Waals surface area contributed by atoms with Gasteiger partial charge in [-0.25, -0.2) is 4.68 Å². The predicted octanol–water partition coefficient (Wildman–Crippen LogP) is 3.12. The van der Waals surface area contributed by atoms with Gasteiger partial charge in [0.25, 0.3) is 5.91 Å². The van der Waals surface area contributed by atoms with E-state index >= 15 is 0 Å². The zero-order valence-corrected chi connectivity index (χ0v) is 14.9. The van der Waals surface area contributed by atoms with Gasteiger partial charge in [-0.1, -0.05) is 23.4 Å². The molecule has 3 aromatic rings. The van der Waals surface area contributed by atoms with Gasteiger partial charge >= 0.3 is 0 Å². The number of hydrogen-bond acceptors (Lipinski definition) is 5. The molecule has 0 saturated carbocycles. The molecular weight excluding hydrogens is 336 g/mol. The van der Waals surface area contributed by atoms with Crippen molar-refractivity contribution in [3.8, 4) is 0 Å². The van der Waals surface area contributed by atoms with E-state index in [4.69, 9.17) is 4.74 Å². The third-order valence-corrected chi connectivity index (χ3v) is 5.72. The Labute approximate surface area is 150 Å². The molecule has 130 valence electrons. The van der Waals surface area contributed by atoms with Crippen LogP contribution in [0, 0.1) is 0 Å². The Morgan fingerprint density at radius 3 is 2.88 bits per heavy atom. The fraction of sp³-hybridized carbons (Fsp3) is 0.389. The Morgan fingerprint density at radius 2 is 2.12 bits per heavy atom. The minimum atomic E-state index is 0.137. The van der Waals surface area contributed by atoms with Crippen molar-refractivity contribution in [1.29, 1.82) is 0 Å². The van der Waals surface area contributed by atoms with E-state index in [2.05, 4.69) is 22.4 Å². The fourth-order valence-corrected chi connectivity index (χ4v) is 4.31. The van der Waals surface area contributed by atoms with Crippen LogP contribution in [-0.2, 0) is 11.3 Å². The first-order valence-electron chi connectivity index (χ1n) is 8.42. The highest BCUT2D eigenvalue weighted by Crippen LogP contribution is 2.28. The number of carbonyl (C=O) groups excluding carboxylic acids is 1. The highest BCUT2D eigenvalue weighted by Gasteiger charge is 2.26. The van der Waals surface area contributed by atoms with Crippen molar-refractivity contribution in [3.05, 3.63) is 47.1 Å². The summed E-state index contributed by atoms with van der Waals surface area (Å²) in [4.78, 5) is 15.6. The first kappa shape index (κ1) is 16.2. The monoisotopic (exact) mass is 356 g/mol. The minimum absolute atomic E-state index is 0.137. The molecule has 6 nitrogen and oxygen atoms in total. The van der Waals surface area contributed by atoms with Crippen LogP contribution in [0.5, 0.6) is 0 Å². The molecule has 0 bridgehead atoms. The number of rotatable bonds is 4. The van der Waals surface area contributed by atoms with Crippen molar-refractivity contribution >= 4 is 27.3 Å². The van der Waals surface area contributed by atoms with Gasteiger partial charge in [-0.15, -0.1) is 16.4 Å². The summed E-state index contributed by atoms with van der Waals surface area (Å²) in [7, 11) is 1.65. The number of nitrogens with zero attached hydrogens (tertiary/aromatic N) is 4. The molecule has 3 heterocycles. The molecule has 1 aliphatic rings. The Kier molecular flexibility index (Phi) is 4.50. The lowest BCUT2D eigenvalue weighted by atomic mass is 10.1. The largest absolute Gasteiger partial charge is 0.378 e. The van der Waals surface area contributed by atoms with E-state index in [1.54, 1.807) is 18.4 Å². The standard InChI is InChI=1S/C18H20N4O2S/c1-24-12-14-11-22(20-19-14)15-6-8-21(9-7-15)18(23)17-10-13-4-2-3-5-16(13)25-17/h2-5,10-11,15H,6-9,12H2,1H3. The summed E-state index contributed by atoms with van der Waals surface area (Å²) in [5.41, 5.74) is 0.839. The second kappa shape index (κ2) is 6.93. The van der Waals surface area contributed by atoms with Crippen LogP contribution >= 0.6 is 11.3 Å². The normalized spacial score (nSPS) is 15.8. The molecule has 4 rings (SSSR count). The second-order valence-electron chi connectivity index (χ2n) is 6.29. The molecule has 1 aromatic carbocycles. The van der Waals surface area contributed by atoms with E-state index in [0.717, 1.165) is 46.6 Å². The molecule has 1 amide bonds. The van der Waals surface area contributed by atoms with E-state index in [1.165, 1.54) is 0 Å². The van der Waals surface area contributed by atoms with Crippen molar-refractivity contribution < 1.29 is 9.53 Å². The van der Waals surface area contributed by atoms with Gasteiger partial charge in [0.15, 0.2) is 0 Å². The van der Waals surface area contributed by atoms with Gasteiger partial charge in [0.2, 0.25) is 0 Å². The number of thiophene rings is 1. The number of carbonyl (C=O) groups is 1. The van der Waals surface area contributed by atoms with E-state index in [-0.39, 0.29) is 5.91 Å². The van der Waals surface area contributed by atoms with Crippen molar-refractivity contribution in [2.45, 2.75) is 25.5 Å². The molecule has 0 unspecified atom stereocenters. The van der Waals surface area contributed by atoms with E-state index in [1.807, 2.05) is 34.0 Å². The van der Waals surface area contributed by atoms with Crippen LogP contribution in [0.1, 0.15) is 34.2 Å². The quantitative estimate of drug-likeness (QED) is 0.721. The number of benzene rings is 1. The summed E-state index contributed by atoms with van der Waals surface area (Å²) in [6.07, 6.45) is 3.73. The molecule has 2 aromatic heterocycles. The number of hydrogen-bond donors (Lipinski definition) is 0. The maximum absolute atomic E-state index is 12.8. The van der Waals surface area contributed by atoms with Crippen LogP contribution in [0.4, 0.5) is 0 Å². The van der Waals surface area contributed by atoms with Gasteiger partial charge in [0, 0.05) is 24.9 Å². The third kappa shape index (κ3) is 3.29. The number of piperidine rings is 1. The molecule has 0 spiro atoms. The Bertz CT molecular complexity index is 847. The predicted molar refractivity (Wildman–Crippen MR) is 96.7 cm³/mol. The fourth-order valence-electron chi connectivity index (χ4n) is 3.28. The highest BCUT2D eigenvalue weighted by molar-refractivity contribution is 7.20. The zero-order chi connectivity index (χ0) is 17.2. The van der Waals surface area contributed by atoms with E-state index in [9.17, 15) is 4.79 Å². The summed E-state index contributed by atoms with van der Waals surface area (Å²) in [5.74, 6) is 0.137. The van der Waals surface area contributed by atoms with Gasteiger partial charge in [-0.3, -0.25) is 4.79 Å². The highest BCUT2D eigenvalue weighted by atomic mass is 32.1. The molecule has 25 heavy (non-hydrogen) atoms. The summed E-state index contributed by atoms with van der Waals surface area (Å²) >= 11 is 1.57. The molecule has 0 aliphatic carbocycles. The summed E-state index contributed by atoms with van der Waals surface area (Å²) < 4.78 is 8.16. The third-order valence-electron chi connectivity index (χ3n) is 4.61. The number of aromatic nitrogens is 3. The second-order valence-corrected chi connectivity index (χ2v) is 7.38. The Balaban J connectivity index is 1.41. The number of amides is 1. The molecule has 7 heteroatoms. The van der Waals surface area contributed by atoms with Gasteiger partial charge in [0.1, 0.15) is 5.69 Å². The molecule has 0 atom stereocenters. The van der Waals surface area contributed by atoms with Crippen LogP contribution in [-0.4, -0.2) is 46.0 Å². The lowest BCUT2D eigenvalue weighted by Gasteiger charge is -2.31. The maximum atomic E-state index is 12.8. The van der Waals surface area contributed by atoms with Crippen LogP contribution in [0.25, 0.3) is 10.1 Å². The first-order chi connectivity index (χ1) is 12.2. The topological polar surface area (TPSA) is 60.2 Å². The average Bonchev–Trinajstić information content (AvgIpc) is 3.28. The number of likely N-dealkylation sites (tertiary alicyclic amines) is 1. The molecular formula is C18H20N4O2S. The first-order valence-corrected chi connectivity index (χ1v) is 9.24. The number of ether oxygens (including phenoxy) is 1. The molecule has 1 fully saturated rings. The number of fused-ring (bicyclic) bond motifs is 1. The van der Waals surface area contributed by atoms with Crippen LogP contribution in [0.3, 0.4) is 0 Å². The smallest absolute Gasteiger partial charge is 0.263 e. The maximum Gasteiger partial charge on any atom is 0.263 e. The lowest BCUT2D eigenvalue weighted by molar-refractivity contribution is 0.0694. The summed E-state index contributed by atoms with van der Waals surface area (Å²) in [5, 5.41) is 9.45. The van der Waals surface area contributed by atoms with Crippen molar-refractivity contribution in [2.75, 3.05) is 20.2 Å². The van der Waals surface area contributed by atoms with Crippen molar-refractivity contribution in [1.82, 2.24) is 19.9 Å². The average molecular weight is 356 g/mol. The van der Waals surface area contributed by atoms with E-state index in [0.29, 0.717) is 12.6 Å². The Hall–Kier alpha value is -2.25. The van der Waals surface area contributed by atoms with Crippen molar-refractivity contribution in [2.24, 2.45) is 0 Å². The van der Waals surface area contributed by atoms with E-state index < -0.39 is 0 Å². The summed E-state index contributed by atoms with van der Waals surface area (Å²) in [6.45, 7) is 1.97. The SMILES string of the molecule is COCc1cn(C2CCN(C(=O)c3cc4ccccc4s3)CC2)nn1. The van der Waals surface area contributed by atoms with Gasteiger partial charge in [0.05, 0.1) is 23.7 Å². The lowest BCUT2D eigenvalue weighted by Crippen LogP contribution is -2.38. The minimum Gasteiger partial charge on any atom is -0.378 e. The zero-order valence-electron chi connectivity index (χ0n) is 14.1.